The van der Waals surface area contributed by atoms with Crippen molar-refractivity contribution in [3.8, 4) is 11.5 Å². The minimum absolute atomic E-state index is 0.138. The highest BCUT2D eigenvalue weighted by atomic mass is 35.5. The van der Waals surface area contributed by atoms with Gasteiger partial charge < -0.3 is 9.47 Å². The number of halogens is 1. The third-order valence-electron chi connectivity index (χ3n) is 3.00. The zero-order valence-electron chi connectivity index (χ0n) is 13.1. The number of carbonyl (C=O) groups excluding carboxylic acids is 1. The lowest BCUT2D eigenvalue weighted by Gasteiger charge is -2.06. The Balaban J connectivity index is 1.92. The van der Waals surface area contributed by atoms with Crippen LogP contribution < -0.4 is 14.9 Å². The van der Waals surface area contributed by atoms with Crippen molar-refractivity contribution < 1.29 is 19.2 Å². The van der Waals surface area contributed by atoms with Crippen molar-refractivity contribution in [2.75, 3.05) is 13.7 Å². The Morgan fingerprint density at radius 1 is 1.32 bits per heavy atom. The first-order chi connectivity index (χ1) is 12.0. The quantitative estimate of drug-likeness (QED) is 0.463. The van der Waals surface area contributed by atoms with E-state index in [1.807, 2.05) is 0 Å². The summed E-state index contributed by atoms with van der Waals surface area (Å²) in [5, 5.41) is 15.1. The van der Waals surface area contributed by atoms with Gasteiger partial charge in [-0.05, 0) is 24.3 Å². The van der Waals surface area contributed by atoms with Crippen molar-refractivity contribution in [1.82, 2.24) is 5.43 Å². The summed E-state index contributed by atoms with van der Waals surface area (Å²) in [7, 11) is 1.34. The third kappa shape index (κ3) is 5.18. The van der Waals surface area contributed by atoms with Crippen molar-refractivity contribution >= 4 is 29.4 Å². The third-order valence-corrected chi connectivity index (χ3v) is 3.31. The summed E-state index contributed by atoms with van der Waals surface area (Å²) in [5.74, 6) is 0.0209. The molecule has 0 spiro atoms. The molecule has 9 heteroatoms. The second-order valence-corrected chi connectivity index (χ2v) is 5.11. The van der Waals surface area contributed by atoms with Crippen molar-refractivity contribution in [2.45, 2.75) is 0 Å². The summed E-state index contributed by atoms with van der Waals surface area (Å²) in [6.07, 6.45) is 1.28. The smallest absolute Gasteiger partial charge is 0.311 e. The van der Waals surface area contributed by atoms with E-state index >= 15 is 0 Å². The molecule has 0 fully saturated rings. The van der Waals surface area contributed by atoms with E-state index in [2.05, 4.69) is 10.5 Å². The fourth-order valence-electron chi connectivity index (χ4n) is 1.85. The minimum Gasteiger partial charge on any atom is -0.490 e. The lowest BCUT2D eigenvalue weighted by molar-refractivity contribution is -0.385. The van der Waals surface area contributed by atoms with Crippen molar-refractivity contribution in [3.05, 3.63) is 63.2 Å². The van der Waals surface area contributed by atoms with E-state index in [1.165, 1.54) is 25.5 Å². The van der Waals surface area contributed by atoms with Gasteiger partial charge in [-0.25, -0.2) is 5.43 Å². The molecule has 0 aromatic heterocycles. The normalized spacial score (nSPS) is 10.5. The van der Waals surface area contributed by atoms with Crippen LogP contribution in [-0.2, 0) is 4.79 Å². The topological polar surface area (TPSA) is 103 Å². The lowest BCUT2D eigenvalue weighted by Crippen LogP contribution is -2.24. The van der Waals surface area contributed by atoms with Gasteiger partial charge in [-0.3, -0.25) is 14.9 Å². The number of nitro benzene ring substituents is 1. The van der Waals surface area contributed by atoms with Crippen LogP contribution in [-0.4, -0.2) is 30.8 Å². The monoisotopic (exact) mass is 363 g/mol. The highest BCUT2D eigenvalue weighted by molar-refractivity contribution is 6.32. The van der Waals surface area contributed by atoms with Gasteiger partial charge in [-0.15, -0.1) is 0 Å². The maximum Gasteiger partial charge on any atom is 0.311 e. The summed E-state index contributed by atoms with van der Waals surface area (Å²) < 4.78 is 10.2. The molecule has 0 atom stereocenters. The molecule has 1 amide bonds. The number of methoxy groups -OCH3 is 1. The van der Waals surface area contributed by atoms with Crippen molar-refractivity contribution in [3.63, 3.8) is 0 Å². The molecular formula is C16H14ClN3O5. The number of hydrogen-bond acceptors (Lipinski definition) is 6. The molecule has 0 saturated heterocycles. The lowest BCUT2D eigenvalue weighted by atomic mass is 10.2. The van der Waals surface area contributed by atoms with Crippen LogP contribution in [0.2, 0.25) is 5.02 Å². The first kappa shape index (κ1) is 18.2. The van der Waals surface area contributed by atoms with Gasteiger partial charge in [0.05, 0.1) is 23.3 Å². The second-order valence-electron chi connectivity index (χ2n) is 4.70. The van der Waals surface area contributed by atoms with Gasteiger partial charge in [0.1, 0.15) is 5.75 Å². The molecule has 0 bridgehead atoms. The van der Waals surface area contributed by atoms with Gasteiger partial charge in [0, 0.05) is 11.6 Å². The average molecular weight is 364 g/mol. The number of nitro groups is 1. The molecule has 2 aromatic rings. The Bertz CT molecular complexity index is 810. The highest BCUT2D eigenvalue weighted by Gasteiger charge is 2.14. The molecule has 0 aliphatic heterocycles. The van der Waals surface area contributed by atoms with Gasteiger partial charge in [0.15, 0.2) is 12.4 Å². The number of para-hydroxylation sites is 1. The van der Waals surface area contributed by atoms with Crippen LogP contribution in [0.25, 0.3) is 0 Å². The van der Waals surface area contributed by atoms with Gasteiger partial charge >= 0.3 is 5.69 Å². The maximum atomic E-state index is 11.7. The Hall–Kier alpha value is -3.13. The minimum atomic E-state index is -0.563. The number of carbonyl (C=O) groups is 1. The van der Waals surface area contributed by atoms with Crippen LogP contribution in [0, 0.1) is 10.1 Å². The molecule has 0 radical (unpaired) electrons. The molecular weight excluding hydrogens is 350 g/mol. The SMILES string of the molecule is COc1ccc(/C=N\NC(=O)COc2ccccc2Cl)cc1[N+](=O)[O-]. The van der Waals surface area contributed by atoms with Crippen LogP contribution in [0.4, 0.5) is 5.69 Å². The number of hydrogen-bond donors (Lipinski definition) is 1. The van der Waals surface area contributed by atoms with E-state index in [9.17, 15) is 14.9 Å². The molecule has 8 nitrogen and oxygen atoms in total. The predicted octanol–water partition coefficient (Wildman–Crippen LogP) is 2.79. The molecule has 0 saturated carbocycles. The largest absolute Gasteiger partial charge is 0.490 e. The summed E-state index contributed by atoms with van der Waals surface area (Å²) in [5.41, 5.74) is 2.50. The Morgan fingerprint density at radius 3 is 2.76 bits per heavy atom. The fraction of sp³-hybridized carbons (Fsp3) is 0.125. The molecule has 0 aliphatic rings. The number of ether oxygens (including phenoxy) is 2. The van der Waals surface area contributed by atoms with Gasteiger partial charge in [0.2, 0.25) is 0 Å². The fourth-order valence-corrected chi connectivity index (χ4v) is 2.04. The molecule has 1 N–H and O–H groups in total. The number of amides is 1. The Kier molecular flexibility index (Phi) is 6.30. The zero-order valence-corrected chi connectivity index (χ0v) is 13.9. The van der Waals surface area contributed by atoms with Crippen molar-refractivity contribution in [2.24, 2.45) is 5.10 Å². The summed E-state index contributed by atoms with van der Waals surface area (Å²) in [4.78, 5) is 22.1. The molecule has 2 aromatic carbocycles. The summed E-state index contributed by atoms with van der Waals surface area (Å²) >= 11 is 5.91. The van der Waals surface area contributed by atoms with Crippen LogP contribution in [0.15, 0.2) is 47.6 Å². The molecule has 0 unspecified atom stereocenters. The standard InChI is InChI=1S/C16H14ClN3O5/c1-24-15-7-6-11(8-13(15)20(22)23)9-18-19-16(21)10-25-14-5-3-2-4-12(14)17/h2-9H,10H2,1H3,(H,19,21)/b18-9-. The van der Waals surface area contributed by atoms with Gasteiger partial charge in [-0.2, -0.15) is 5.10 Å². The molecule has 2 rings (SSSR count). The zero-order chi connectivity index (χ0) is 18.2. The second kappa shape index (κ2) is 8.65. The molecule has 25 heavy (non-hydrogen) atoms. The molecule has 130 valence electrons. The number of nitrogens with one attached hydrogen (secondary N) is 1. The van der Waals surface area contributed by atoms with Crippen LogP contribution in [0.1, 0.15) is 5.56 Å². The molecule has 0 aliphatic carbocycles. The van der Waals surface area contributed by atoms with Gasteiger partial charge in [-0.1, -0.05) is 23.7 Å². The van der Waals surface area contributed by atoms with E-state index in [0.717, 1.165) is 0 Å². The number of benzene rings is 2. The summed E-state index contributed by atoms with van der Waals surface area (Å²) in [6, 6.07) is 11.1. The van der Waals surface area contributed by atoms with E-state index in [4.69, 9.17) is 21.1 Å². The van der Waals surface area contributed by atoms with Crippen LogP contribution in [0.3, 0.4) is 0 Å². The van der Waals surface area contributed by atoms with Gasteiger partial charge in [0.25, 0.3) is 5.91 Å². The van der Waals surface area contributed by atoms with Crippen LogP contribution >= 0.6 is 11.6 Å². The summed E-state index contributed by atoms with van der Waals surface area (Å²) in [6.45, 7) is -0.274. The van der Waals surface area contributed by atoms with E-state index in [-0.39, 0.29) is 18.0 Å². The number of hydrazone groups is 1. The van der Waals surface area contributed by atoms with E-state index in [1.54, 1.807) is 30.3 Å². The first-order valence-corrected chi connectivity index (χ1v) is 7.40. The Morgan fingerprint density at radius 2 is 2.08 bits per heavy atom. The van der Waals surface area contributed by atoms with E-state index < -0.39 is 10.8 Å². The predicted molar refractivity (Wildman–Crippen MR) is 92.3 cm³/mol. The molecule has 0 heterocycles. The number of rotatable bonds is 7. The maximum absolute atomic E-state index is 11.7. The highest BCUT2D eigenvalue weighted by Crippen LogP contribution is 2.26. The number of nitrogens with zero attached hydrogens (tertiary/aromatic N) is 2. The first-order valence-electron chi connectivity index (χ1n) is 7.03. The van der Waals surface area contributed by atoms with E-state index in [0.29, 0.717) is 16.3 Å². The van der Waals surface area contributed by atoms with Crippen LogP contribution in [0.5, 0.6) is 11.5 Å². The van der Waals surface area contributed by atoms with Crippen molar-refractivity contribution in [1.29, 1.82) is 0 Å². The average Bonchev–Trinajstić information content (AvgIpc) is 2.61. The Labute approximate surface area is 148 Å².